The first-order valence-corrected chi connectivity index (χ1v) is 6.58. The summed E-state index contributed by atoms with van der Waals surface area (Å²) in [6.07, 6.45) is 1.37. The van der Waals surface area contributed by atoms with Crippen molar-refractivity contribution in [1.29, 1.82) is 0 Å². The number of hydrogen-bond acceptors (Lipinski definition) is 4. The summed E-state index contributed by atoms with van der Waals surface area (Å²) >= 11 is 0. The Kier molecular flexibility index (Phi) is 4.79. The van der Waals surface area contributed by atoms with Crippen molar-refractivity contribution in [3.63, 3.8) is 0 Å². The number of aliphatic hydroxyl groups is 1. The lowest BCUT2D eigenvalue weighted by atomic mass is 9.97. The zero-order valence-electron chi connectivity index (χ0n) is 12.1. The molecular formula is C13H24N2O4. The number of carbonyl (C=O) groups is 2. The van der Waals surface area contributed by atoms with Gasteiger partial charge in [-0.25, -0.2) is 4.79 Å². The molecule has 1 aliphatic heterocycles. The van der Waals surface area contributed by atoms with Gasteiger partial charge in [0.1, 0.15) is 11.6 Å². The van der Waals surface area contributed by atoms with Gasteiger partial charge in [-0.1, -0.05) is 0 Å². The molecule has 19 heavy (non-hydrogen) atoms. The van der Waals surface area contributed by atoms with Crippen molar-refractivity contribution in [2.24, 2.45) is 0 Å². The van der Waals surface area contributed by atoms with Crippen LogP contribution < -0.4 is 10.6 Å². The largest absolute Gasteiger partial charge is 0.444 e. The van der Waals surface area contributed by atoms with Crippen LogP contribution in [-0.2, 0) is 9.53 Å². The Labute approximate surface area is 113 Å². The highest BCUT2D eigenvalue weighted by Gasteiger charge is 2.34. The summed E-state index contributed by atoms with van der Waals surface area (Å²) in [6.45, 7) is 6.98. The molecule has 1 heterocycles. The quantitative estimate of drug-likeness (QED) is 0.698. The van der Waals surface area contributed by atoms with Crippen molar-refractivity contribution in [3.05, 3.63) is 0 Å². The number of rotatable bonds is 2. The van der Waals surface area contributed by atoms with E-state index in [1.54, 1.807) is 27.7 Å². The van der Waals surface area contributed by atoms with Gasteiger partial charge < -0.3 is 20.5 Å². The summed E-state index contributed by atoms with van der Waals surface area (Å²) < 4.78 is 5.13. The number of alkyl carbamates (subject to hydrolysis) is 1. The molecule has 6 nitrogen and oxygen atoms in total. The van der Waals surface area contributed by atoms with Gasteiger partial charge in [-0.3, -0.25) is 4.79 Å². The molecule has 0 aromatic heterocycles. The van der Waals surface area contributed by atoms with Crippen LogP contribution in [0.4, 0.5) is 4.79 Å². The second-order valence-electron chi connectivity index (χ2n) is 6.30. The number of aliphatic hydroxyl groups excluding tert-OH is 1. The van der Waals surface area contributed by atoms with Gasteiger partial charge >= 0.3 is 6.09 Å². The van der Waals surface area contributed by atoms with Gasteiger partial charge in [0.05, 0.1) is 12.1 Å². The maximum atomic E-state index is 12.0. The van der Waals surface area contributed by atoms with Crippen molar-refractivity contribution in [1.82, 2.24) is 10.6 Å². The Morgan fingerprint density at radius 2 is 2.21 bits per heavy atom. The SMILES string of the molecule is CC(C)(C)OC(=O)N[C@@H]1CCC[C@@](C)(CO)NC1=O. The Morgan fingerprint density at radius 3 is 2.74 bits per heavy atom. The third kappa shape index (κ3) is 5.06. The number of nitrogens with one attached hydrogen (secondary N) is 2. The summed E-state index contributed by atoms with van der Waals surface area (Å²) in [7, 11) is 0. The first-order valence-electron chi connectivity index (χ1n) is 6.58. The van der Waals surface area contributed by atoms with Gasteiger partial charge in [0, 0.05) is 0 Å². The molecule has 1 aliphatic rings. The number of hydrogen-bond donors (Lipinski definition) is 3. The maximum Gasteiger partial charge on any atom is 0.408 e. The number of carbonyl (C=O) groups excluding carboxylic acids is 2. The zero-order chi connectivity index (χ0) is 14.7. The first kappa shape index (κ1) is 15.8. The smallest absolute Gasteiger partial charge is 0.408 e. The molecule has 2 amide bonds. The van der Waals surface area contributed by atoms with Crippen molar-refractivity contribution >= 4 is 12.0 Å². The van der Waals surface area contributed by atoms with Crippen molar-refractivity contribution in [2.45, 2.75) is 64.1 Å². The minimum Gasteiger partial charge on any atom is -0.444 e. The minimum atomic E-state index is -0.610. The molecule has 0 aromatic carbocycles. The van der Waals surface area contributed by atoms with E-state index in [-0.39, 0.29) is 12.5 Å². The predicted molar refractivity (Wildman–Crippen MR) is 70.6 cm³/mol. The zero-order valence-corrected chi connectivity index (χ0v) is 12.1. The molecule has 1 fully saturated rings. The first-order chi connectivity index (χ1) is 8.65. The molecule has 0 spiro atoms. The van der Waals surface area contributed by atoms with E-state index in [2.05, 4.69) is 10.6 Å². The van der Waals surface area contributed by atoms with Gasteiger partial charge in [0.25, 0.3) is 0 Å². The van der Waals surface area contributed by atoms with E-state index in [4.69, 9.17) is 4.74 Å². The Bertz CT molecular complexity index is 351. The van der Waals surface area contributed by atoms with Crippen molar-refractivity contribution in [3.8, 4) is 0 Å². The van der Waals surface area contributed by atoms with Crippen LogP contribution in [0.15, 0.2) is 0 Å². The Balaban J connectivity index is 2.60. The van der Waals surface area contributed by atoms with E-state index in [1.807, 2.05) is 0 Å². The average molecular weight is 272 g/mol. The third-order valence-electron chi connectivity index (χ3n) is 3.00. The van der Waals surface area contributed by atoms with Crippen LogP contribution in [0.5, 0.6) is 0 Å². The van der Waals surface area contributed by atoms with E-state index in [1.165, 1.54) is 0 Å². The van der Waals surface area contributed by atoms with Crippen molar-refractivity contribution < 1.29 is 19.4 Å². The summed E-state index contributed by atoms with van der Waals surface area (Å²) in [5.74, 6) is -0.278. The number of amides is 2. The molecule has 0 saturated carbocycles. The minimum absolute atomic E-state index is 0.113. The van der Waals surface area contributed by atoms with E-state index >= 15 is 0 Å². The lowest BCUT2D eigenvalue weighted by molar-refractivity contribution is -0.124. The highest BCUT2D eigenvalue weighted by molar-refractivity contribution is 5.86. The molecule has 0 bridgehead atoms. The lowest BCUT2D eigenvalue weighted by Gasteiger charge is -2.27. The maximum absolute atomic E-state index is 12.0. The van der Waals surface area contributed by atoms with Crippen LogP contribution in [0.2, 0.25) is 0 Å². The van der Waals surface area contributed by atoms with Gasteiger partial charge in [-0.15, -0.1) is 0 Å². The summed E-state index contributed by atoms with van der Waals surface area (Å²) in [5.41, 5.74) is -1.20. The summed E-state index contributed by atoms with van der Waals surface area (Å²) in [6, 6.07) is -0.608. The molecule has 110 valence electrons. The van der Waals surface area contributed by atoms with Crippen LogP contribution in [0.3, 0.4) is 0 Å². The molecule has 0 unspecified atom stereocenters. The predicted octanol–water partition coefficient (Wildman–Crippen LogP) is 0.931. The van der Waals surface area contributed by atoms with Gasteiger partial charge in [0.15, 0.2) is 0 Å². The van der Waals surface area contributed by atoms with Crippen LogP contribution in [0.1, 0.15) is 47.0 Å². The van der Waals surface area contributed by atoms with E-state index in [0.717, 1.165) is 6.42 Å². The van der Waals surface area contributed by atoms with Crippen LogP contribution in [0, 0.1) is 0 Å². The molecule has 1 rings (SSSR count). The Hall–Kier alpha value is -1.30. The van der Waals surface area contributed by atoms with E-state index in [0.29, 0.717) is 12.8 Å². The van der Waals surface area contributed by atoms with Crippen LogP contribution in [0.25, 0.3) is 0 Å². The van der Waals surface area contributed by atoms with Crippen LogP contribution in [-0.4, -0.2) is 40.9 Å². The summed E-state index contributed by atoms with van der Waals surface area (Å²) in [4.78, 5) is 23.7. The van der Waals surface area contributed by atoms with Crippen molar-refractivity contribution in [2.75, 3.05) is 6.61 Å². The second-order valence-corrected chi connectivity index (χ2v) is 6.30. The normalized spacial score (nSPS) is 28.3. The molecule has 1 saturated heterocycles. The molecule has 0 aromatic rings. The molecule has 2 atom stereocenters. The lowest BCUT2D eigenvalue weighted by Crippen LogP contribution is -2.54. The van der Waals surface area contributed by atoms with Gasteiger partial charge in [0.2, 0.25) is 5.91 Å². The van der Waals surface area contributed by atoms with Crippen LogP contribution >= 0.6 is 0 Å². The Morgan fingerprint density at radius 1 is 1.58 bits per heavy atom. The fourth-order valence-corrected chi connectivity index (χ4v) is 1.98. The highest BCUT2D eigenvalue weighted by Crippen LogP contribution is 2.19. The average Bonchev–Trinajstić information content (AvgIpc) is 2.37. The number of ether oxygens (including phenoxy) is 1. The summed E-state index contributed by atoms with van der Waals surface area (Å²) in [5, 5.41) is 14.6. The fraction of sp³-hybridized carbons (Fsp3) is 0.846. The van der Waals surface area contributed by atoms with Gasteiger partial charge in [-0.05, 0) is 47.0 Å². The van der Waals surface area contributed by atoms with E-state index < -0.39 is 23.3 Å². The molecular weight excluding hydrogens is 248 g/mol. The van der Waals surface area contributed by atoms with Gasteiger partial charge in [-0.2, -0.15) is 0 Å². The third-order valence-corrected chi connectivity index (χ3v) is 3.00. The molecule has 3 N–H and O–H groups in total. The topological polar surface area (TPSA) is 87.7 Å². The fourth-order valence-electron chi connectivity index (χ4n) is 1.98. The standard InChI is InChI=1S/C13H24N2O4/c1-12(2,3)19-11(18)14-9-6-5-7-13(4,8-16)15-10(9)17/h9,16H,5-8H2,1-4H3,(H,14,18)(H,15,17)/t9-,13+/m1/s1. The molecule has 0 aliphatic carbocycles. The molecule has 0 radical (unpaired) electrons. The van der Waals surface area contributed by atoms with E-state index in [9.17, 15) is 14.7 Å². The second kappa shape index (κ2) is 5.77. The highest BCUT2D eigenvalue weighted by atomic mass is 16.6. The monoisotopic (exact) mass is 272 g/mol. The molecule has 6 heteroatoms.